The molecule has 0 spiro atoms. The molecule has 0 saturated carbocycles. The molecule has 1 aromatic rings. The molecule has 88 valence electrons. The van der Waals surface area contributed by atoms with Crippen LogP contribution in [0.5, 0.6) is 5.75 Å². The van der Waals surface area contributed by atoms with Crippen LogP contribution in [0.3, 0.4) is 0 Å². The van der Waals surface area contributed by atoms with Crippen LogP contribution in [0.2, 0.25) is 5.02 Å². The first-order valence-corrected chi connectivity index (χ1v) is 5.20. The predicted molar refractivity (Wildman–Crippen MR) is 63.5 cm³/mol. The number of likely N-dealkylation sites (N-methyl/N-ethyl adjacent to an activating group) is 1. The Bertz CT molecular complexity index is 382. The van der Waals surface area contributed by atoms with Gasteiger partial charge in [-0.05, 0) is 24.7 Å². The van der Waals surface area contributed by atoms with Gasteiger partial charge in [0.2, 0.25) is 5.91 Å². The minimum absolute atomic E-state index is 0.211. The molecule has 16 heavy (non-hydrogen) atoms. The molecule has 0 unspecified atom stereocenters. The maximum Gasteiger partial charge on any atom is 0.231 e. The lowest BCUT2D eigenvalue weighted by Crippen LogP contribution is -2.30. The van der Waals surface area contributed by atoms with E-state index in [2.05, 4.69) is 0 Å². The third-order valence-electron chi connectivity index (χ3n) is 2.13. The summed E-state index contributed by atoms with van der Waals surface area (Å²) in [6.07, 6.45) is 0. The van der Waals surface area contributed by atoms with Crippen LogP contribution in [-0.4, -0.2) is 31.5 Å². The van der Waals surface area contributed by atoms with Gasteiger partial charge in [-0.2, -0.15) is 0 Å². The minimum atomic E-state index is -0.355. The lowest BCUT2D eigenvalue weighted by molar-refractivity contribution is -0.118. The second-order valence-corrected chi connectivity index (χ2v) is 4.00. The zero-order chi connectivity index (χ0) is 12.1. The van der Waals surface area contributed by atoms with Crippen molar-refractivity contribution in [2.45, 2.75) is 6.54 Å². The van der Waals surface area contributed by atoms with E-state index in [9.17, 15) is 4.79 Å². The number of carbonyl (C=O) groups is 1. The van der Waals surface area contributed by atoms with Crippen molar-refractivity contribution in [1.29, 1.82) is 0 Å². The Kier molecular flexibility index (Phi) is 4.58. The quantitative estimate of drug-likeness (QED) is 0.846. The summed E-state index contributed by atoms with van der Waals surface area (Å²) in [5, 5.41) is 0.621. The summed E-state index contributed by atoms with van der Waals surface area (Å²) < 4.78 is 5.05. The molecule has 0 saturated heterocycles. The number of hydrogen-bond acceptors (Lipinski definition) is 3. The van der Waals surface area contributed by atoms with Gasteiger partial charge in [0.1, 0.15) is 5.75 Å². The van der Waals surface area contributed by atoms with Crippen LogP contribution >= 0.6 is 11.6 Å². The highest BCUT2D eigenvalue weighted by atomic mass is 35.5. The number of ether oxygens (including phenoxy) is 1. The van der Waals surface area contributed by atoms with Gasteiger partial charge in [-0.1, -0.05) is 17.7 Å². The van der Waals surface area contributed by atoms with Crippen molar-refractivity contribution in [3.63, 3.8) is 0 Å². The second-order valence-electron chi connectivity index (χ2n) is 3.60. The fourth-order valence-electron chi connectivity index (χ4n) is 1.40. The van der Waals surface area contributed by atoms with Crippen LogP contribution in [0.25, 0.3) is 0 Å². The number of carbonyl (C=O) groups excluding carboxylic acids is 1. The molecule has 4 nitrogen and oxygen atoms in total. The fourth-order valence-corrected chi connectivity index (χ4v) is 1.63. The van der Waals surface area contributed by atoms with E-state index >= 15 is 0 Å². The zero-order valence-corrected chi connectivity index (χ0v) is 10.1. The molecular weight excluding hydrogens is 228 g/mol. The van der Waals surface area contributed by atoms with Gasteiger partial charge in [0.25, 0.3) is 0 Å². The molecule has 0 aliphatic heterocycles. The molecule has 5 heteroatoms. The van der Waals surface area contributed by atoms with Crippen molar-refractivity contribution < 1.29 is 9.53 Å². The summed E-state index contributed by atoms with van der Waals surface area (Å²) >= 11 is 6.07. The lowest BCUT2D eigenvalue weighted by atomic mass is 10.2. The summed E-state index contributed by atoms with van der Waals surface area (Å²) in [5.41, 5.74) is 6.03. The predicted octanol–water partition coefficient (Wildman–Crippen LogP) is 1.27. The molecule has 1 amide bonds. The fraction of sp³-hybridized carbons (Fsp3) is 0.364. The maximum atomic E-state index is 10.7. The first-order valence-electron chi connectivity index (χ1n) is 4.82. The monoisotopic (exact) mass is 242 g/mol. The minimum Gasteiger partial charge on any atom is -0.497 e. The topological polar surface area (TPSA) is 55.6 Å². The molecule has 2 N–H and O–H groups in total. The first kappa shape index (κ1) is 12.8. The summed E-state index contributed by atoms with van der Waals surface area (Å²) in [7, 11) is 3.40. The lowest BCUT2D eigenvalue weighted by Gasteiger charge is -2.15. The summed E-state index contributed by atoms with van der Waals surface area (Å²) in [6.45, 7) is 0.786. The van der Waals surface area contributed by atoms with Crippen LogP contribution in [0.1, 0.15) is 5.56 Å². The number of halogens is 1. The van der Waals surface area contributed by atoms with E-state index < -0.39 is 0 Å². The van der Waals surface area contributed by atoms with Crippen molar-refractivity contribution in [1.82, 2.24) is 4.90 Å². The van der Waals surface area contributed by atoms with Crippen molar-refractivity contribution in [3.05, 3.63) is 28.8 Å². The Morgan fingerprint density at radius 1 is 1.56 bits per heavy atom. The highest BCUT2D eigenvalue weighted by molar-refractivity contribution is 6.31. The largest absolute Gasteiger partial charge is 0.497 e. The van der Waals surface area contributed by atoms with Crippen LogP contribution in [0.15, 0.2) is 18.2 Å². The molecule has 0 aromatic heterocycles. The van der Waals surface area contributed by atoms with Gasteiger partial charge in [-0.3, -0.25) is 9.69 Å². The molecule has 1 rings (SSSR count). The van der Waals surface area contributed by atoms with Gasteiger partial charge in [0, 0.05) is 11.6 Å². The van der Waals surface area contributed by atoms with Gasteiger partial charge in [-0.15, -0.1) is 0 Å². The molecule has 0 heterocycles. The summed E-state index contributed by atoms with van der Waals surface area (Å²) in [5.74, 6) is 0.360. The van der Waals surface area contributed by atoms with Crippen molar-refractivity contribution in [2.75, 3.05) is 20.7 Å². The number of benzene rings is 1. The van der Waals surface area contributed by atoms with Crippen molar-refractivity contribution in [2.24, 2.45) is 5.73 Å². The van der Waals surface area contributed by atoms with Gasteiger partial charge < -0.3 is 10.5 Å². The third-order valence-corrected chi connectivity index (χ3v) is 2.48. The smallest absolute Gasteiger partial charge is 0.231 e. The Morgan fingerprint density at radius 2 is 2.25 bits per heavy atom. The van der Waals surface area contributed by atoms with E-state index in [-0.39, 0.29) is 12.5 Å². The molecule has 0 bridgehead atoms. The Balaban J connectivity index is 2.70. The molecule has 1 aromatic carbocycles. The number of hydrogen-bond donors (Lipinski definition) is 1. The van der Waals surface area contributed by atoms with E-state index in [1.807, 2.05) is 19.2 Å². The average molecular weight is 243 g/mol. The van der Waals surface area contributed by atoms with E-state index in [0.717, 1.165) is 5.56 Å². The second kappa shape index (κ2) is 5.72. The molecule has 0 atom stereocenters. The third kappa shape index (κ3) is 3.72. The van der Waals surface area contributed by atoms with Crippen molar-refractivity contribution >= 4 is 17.5 Å². The number of rotatable bonds is 5. The van der Waals surface area contributed by atoms with Crippen LogP contribution in [0, 0.1) is 0 Å². The average Bonchev–Trinajstić information content (AvgIpc) is 2.19. The van der Waals surface area contributed by atoms with E-state index in [1.54, 1.807) is 18.1 Å². The first-order chi connectivity index (χ1) is 7.52. The zero-order valence-electron chi connectivity index (χ0n) is 9.37. The highest BCUT2D eigenvalue weighted by Gasteiger charge is 2.07. The molecule has 0 fully saturated rings. The van der Waals surface area contributed by atoms with E-state index in [0.29, 0.717) is 17.3 Å². The number of methoxy groups -OCH3 is 1. The van der Waals surface area contributed by atoms with Gasteiger partial charge in [0.15, 0.2) is 0 Å². The molecule has 0 aliphatic rings. The van der Waals surface area contributed by atoms with Crippen molar-refractivity contribution in [3.8, 4) is 5.75 Å². The van der Waals surface area contributed by atoms with Gasteiger partial charge in [0.05, 0.1) is 13.7 Å². The van der Waals surface area contributed by atoms with Crippen LogP contribution in [-0.2, 0) is 11.3 Å². The summed E-state index contributed by atoms with van der Waals surface area (Å²) in [6, 6.07) is 5.45. The van der Waals surface area contributed by atoms with Gasteiger partial charge >= 0.3 is 0 Å². The number of nitrogens with zero attached hydrogens (tertiary/aromatic N) is 1. The van der Waals surface area contributed by atoms with E-state index in [4.69, 9.17) is 22.1 Å². The summed E-state index contributed by atoms with van der Waals surface area (Å²) in [4.78, 5) is 12.5. The van der Waals surface area contributed by atoms with Gasteiger partial charge in [-0.25, -0.2) is 0 Å². The van der Waals surface area contributed by atoms with Crippen LogP contribution < -0.4 is 10.5 Å². The van der Waals surface area contributed by atoms with Crippen LogP contribution in [0.4, 0.5) is 0 Å². The SMILES string of the molecule is COc1ccc(CN(C)CC(N)=O)c(Cl)c1. The molecule has 0 radical (unpaired) electrons. The molecular formula is C11H15ClN2O2. The Labute approximate surface area is 99.9 Å². The van der Waals surface area contributed by atoms with E-state index in [1.165, 1.54) is 0 Å². The number of amides is 1. The standard InChI is InChI=1S/C11H15ClN2O2/c1-14(7-11(13)15)6-8-3-4-9(16-2)5-10(8)12/h3-5H,6-7H2,1-2H3,(H2,13,15). The number of nitrogens with two attached hydrogens (primary N) is 1. The molecule has 0 aliphatic carbocycles. The highest BCUT2D eigenvalue weighted by Crippen LogP contribution is 2.23. The maximum absolute atomic E-state index is 10.7. The number of primary amides is 1. The normalized spacial score (nSPS) is 10.5. The Morgan fingerprint density at radius 3 is 2.75 bits per heavy atom. The Hall–Kier alpha value is -1.26.